The molecule has 0 fully saturated rings. The van der Waals surface area contributed by atoms with E-state index in [-0.39, 0.29) is 23.5 Å². The molecule has 0 aromatic carbocycles. The van der Waals surface area contributed by atoms with E-state index in [0.29, 0.717) is 0 Å². The zero-order chi connectivity index (χ0) is 9.28. The molecule has 0 rings (SSSR count). The van der Waals surface area contributed by atoms with Gasteiger partial charge in [-0.15, -0.1) is 0 Å². The monoisotopic (exact) mass is 215 g/mol. The van der Waals surface area contributed by atoms with Crippen LogP contribution in [0.15, 0.2) is 0 Å². The van der Waals surface area contributed by atoms with Gasteiger partial charge in [0.25, 0.3) is 0 Å². The SMILES string of the molecule is CCC(=O)OC(C)=O.C[CH-]C.[Fe]. The quantitative estimate of drug-likeness (QED) is 0.289. The van der Waals surface area contributed by atoms with E-state index in [1.165, 1.54) is 6.92 Å². The van der Waals surface area contributed by atoms with Gasteiger partial charge in [0.1, 0.15) is 0 Å². The molecule has 0 aromatic heterocycles. The molecule has 0 saturated heterocycles. The number of carbonyl (C=O) groups excluding carboxylic acids is 2. The van der Waals surface area contributed by atoms with E-state index in [4.69, 9.17) is 0 Å². The van der Waals surface area contributed by atoms with E-state index in [2.05, 4.69) is 4.74 Å². The van der Waals surface area contributed by atoms with Gasteiger partial charge in [0.2, 0.25) is 0 Å². The molecular weight excluding hydrogens is 200 g/mol. The van der Waals surface area contributed by atoms with E-state index >= 15 is 0 Å². The van der Waals surface area contributed by atoms with Gasteiger partial charge >= 0.3 is 11.9 Å². The Morgan fingerprint density at radius 3 is 1.75 bits per heavy atom. The molecule has 3 nitrogen and oxygen atoms in total. The summed E-state index contributed by atoms with van der Waals surface area (Å²) in [5.74, 6) is -1.02. The van der Waals surface area contributed by atoms with Gasteiger partial charge in [-0.2, -0.15) is 13.8 Å². The third kappa shape index (κ3) is 22.6. The van der Waals surface area contributed by atoms with Crippen LogP contribution in [0.2, 0.25) is 0 Å². The zero-order valence-electron chi connectivity index (χ0n) is 7.86. The average molecular weight is 215 g/mol. The maximum atomic E-state index is 10.2. The maximum Gasteiger partial charge on any atom is 0.313 e. The summed E-state index contributed by atoms with van der Waals surface area (Å²) in [6, 6.07) is 0. The van der Waals surface area contributed by atoms with Gasteiger partial charge in [0.05, 0.1) is 0 Å². The van der Waals surface area contributed by atoms with Gasteiger partial charge < -0.3 is 11.2 Å². The second-order valence-corrected chi connectivity index (χ2v) is 1.90. The standard InChI is InChI=1S/C5H8O3.C3H7.Fe/c1-3-5(7)8-4(2)6;1-3-2;/h3H2,1-2H3;3H,1-2H3;/q;-1;. The molecule has 0 aliphatic carbocycles. The average Bonchev–Trinajstić information content (AvgIpc) is 1.88. The molecule has 4 heteroatoms. The van der Waals surface area contributed by atoms with Crippen molar-refractivity contribution in [2.24, 2.45) is 0 Å². The molecular formula is C8H15FeO3-. The van der Waals surface area contributed by atoms with Crippen molar-refractivity contribution in [3.05, 3.63) is 6.42 Å². The van der Waals surface area contributed by atoms with Gasteiger partial charge in [-0.05, 0) is 0 Å². The number of esters is 2. The van der Waals surface area contributed by atoms with Gasteiger partial charge in [-0.25, -0.2) is 0 Å². The predicted molar refractivity (Wildman–Crippen MR) is 42.7 cm³/mol. The molecule has 0 aliphatic rings. The third-order valence-corrected chi connectivity index (χ3v) is 0.546. The van der Waals surface area contributed by atoms with Gasteiger partial charge in [-0.1, -0.05) is 6.92 Å². The minimum Gasteiger partial charge on any atom is -0.393 e. The number of hydrogen-bond donors (Lipinski definition) is 0. The Kier molecular flexibility index (Phi) is 19.5. The topological polar surface area (TPSA) is 43.4 Å². The fourth-order valence-electron chi connectivity index (χ4n) is 0.232. The summed E-state index contributed by atoms with van der Waals surface area (Å²) >= 11 is 0. The van der Waals surface area contributed by atoms with Crippen LogP contribution in [0.1, 0.15) is 34.1 Å². The number of carbonyl (C=O) groups is 2. The fraction of sp³-hybridized carbons (Fsp3) is 0.625. The zero-order valence-corrected chi connectivity index (χ0v) is 8.97. The number of ether oxygens (including phenoxy) is 1. The van der Waals surface area contributed by atoms with E-state index in [0.717, 1.165) is 0 Å². The summed E-state index contributed by atoms with van der Waals surface area (Å²) in [7, 11) is 0. The van der Waals surface area contributed by atoms with Gasteiger partial charge in [0, 0.05) is 30.4 Å². The van der Waals surface area contributed by atoms with Crippen molar-refractivity contribution in [1.82, 2.24) is 0 Å². The fourth-order valence-corrected chi connectivity index (χ4v) is 0.232. The van der Waals surface area contributed by atoms with Crippen molar-refractivity contribution < 1.29 is 31.4 Å². The molecule has 0 aliphatic heterocycles. The first-order chi connectivity index (χ1) is 5.08. The van der Waals surface area contributed by atoms with Crippen LogP contribution in [0.25, 0.3) is 0 Å². The summed E-state index contributed by atoms with van der Waals surface area (Å²) < 4.78 is 4.12. The van der Waals surface area contributed by atoms with E-state index in [9.17, 15) is 9.59 Å². The van der Waals surface area contributed by atoms with Crippen LogP contribution >= 0.6 is 0 Å². The van der Waals surface area contributed by atoms with E-state index < -0.39 is 11.9 Å². The Hall–Kier alpha value is -0.341. The minimum absolute atomic E-state index is 0. The predicted octanol–water partition coefficient (Wildman–Crippen LogP) is 1.71. The molecule has 74 valence electrons. The molecule has 0 amide bonds. The van der Waals surface area contributed by atoms with Crippen LogP contribution in [0.3, 0.4) is 0 Å². The molecule has 0 radical (unpaired) electrons. The Morgan fingerprint density at radius 2 is 1.67 bits per heavy atom. The summed E-state index contributed by atoms with van der Waals surface area (Å²) in [6.07, 6.45) is 2.25. The smallest absolute Gasteiger partial charge is 0.313 e. The Morgan fingerprint density at radius 1 is 1.33 bits per heavy atom. The first-order valence-corrected chi connectivity index (χ1v) is 3.53. The van der Waals surface area contributed by atoms with Crippen LogP contribution in [0, 0.1) is 6.42 Å². The molecule has 0 saturated carbocycles. The molecule has 0 atom stereocenters. The first-order valence-electron chi connectivity index (χ1n) is 3.53. The van der Waals surface area contributed by atoms with Crippen LogP contribution in [-0.4, -0.2) is 11.9 Å². The first kappa shape index (κ1) is 17.7. The summed E-state index contributed by atoms with van der Waals surface area (Å²) in [6.45, 7) is 6.83. The summed E-state index contributed by atoms with van der Waals surface area (Å²) in [5, 5.41) is 0. The second-order valence-electron chi connectivity index (χ2n) is 1.90. The van der Waals surface area contributed by atoms with Crippen molar-refractivity contribution in [2.75, 3.05) is 0 Å². The largest absolute Gasteiger partial charge is 0.393 e. The van der Waals surface area contributed by atoms with Crippen LogP contribution in [0.4, 0.5) is 0 Å². The molecule has 0 bridgehead atoms. The number of rotatable bonds is 1. The molecule has 12 heavy (non-hydrogen) atoms. The molecule has 0 spiro atoms. The molecule has 0 N–H and O–H groups in total. The van der Waals surface area contributed by atoms with Gasteiger partial charge in [-0.3, -0.25) is 9.59 Å². The van der Waals surface area contributed by atoms with Crippen LogP contribution in [-0.2, 0) is 31.4 Å². The van der Waals surface area contributed by atoms with E-state index in [1.807, 2.05) is 20.3 Å². The minimum atomic E-state index is -0.545. The van der Waals surface area contributed by atoms with Crippen molar-refractivity contribution >= 4 is 11.9 Å². The summed E-state index contributed by atoms with van der Waals surface area (Å²) in [4.78, 5) is 20.1. The number of hydrogen-bond acceptors (Lipinski definition) is 3. The maximum absolute atomic E-state index is 10.2. The van der Waals surface area contributed by atoms with Crippen molar-refractivity contribution in [3.63, 3.8) is 0 Å². The van der Waals surface area contributed by atoms with Crippen molar-refractivity contribution in [3.8, 4) is 0 Å². The normalized spacial score (nSPS) is 7.00. The molecule has 0 unspecified atom stereocenters. The van der Waals surface area contributed by atoms with Crippen LogP contribution in [0.5, 0.6) is 0 Å². The van der Waals surface area contributed by atoms with Crippen LogP contribution < -0.4 is 0 Å². The molecule has 0 heterocycles. The second kappa shape index (κ2) is 13.3. The van der Waals surface area contributed by atoms with Gasteiger partial charge in [0.15, 0.2) is 0 Å². The van der Waals surface area contributed by atoms with E-state index in [1.54, 1.807) is 6.92 Å². The third-order valence-electron chi connectivity index (χ3n) is 0.546. The Labute approximate surface area is 84.3 Å². The summed E-state index contributed by atoms with van der Waals surface area (Å²) in [5.41, 5.74) is 0. The van der Waals surface area contributed by atoms with Crippen molar-refractivity contribution in [2.45, 2.75) is 34.1 Å². The Bertz CT molecular complexity index is 123. The van der Waals surface area contributed by atoms with Crippen molar-refractivity contribution in [1.29, 1.82) is 0 Å². The Balaban J connectivity index is -0.000000177. The molecule has 0 aromatic rings.